The third-order valence-corrected chi connectivity index (χ3v) is 2.79. The molecular formula is C13H18NO. The molecule has 2 nitrogen and oxygen atoms in total. The Morgan fingerprint density at radius 2 is 2.00 bits per heavy atom. The quantitative estimate of drug-likeness (QED) is 0.734. The van der Waals surface area contributed by atoms with Gasteiger partial charge in [0.2, 0.25) is 0 Å². The summed E-state index contributed by atoms with van der Waals surface area (Å²) in [6.07, 6.45) is 0.159. The first-order chi connectivity index (χ1) is 7.18. The lowest BCUT2D eigenvalue weighted by atomic mass is 10.1. The van der Waals surface area contributed by atoms with Crippen molar-refractivity contribution in [1.82, 2.24) is 4.90 Å². The molecule has 1 radical (unpaired) electrons. The number of hydrogen-bond donors (Lipinski definition) is 0. The Balaban J connectivity index is 2.21. The van der Waals surface area contributed by atoms with Gasteiger partial charge in [0.1, 0.15) is 6.23 Å². The number of ether oxygens (including phenoxy) is 1. The van der Waals surface area contributed by atoms with E-state index < -0.39 is 0 Å². The number of benzene rings is 1. The molecule has 1 heterocycles. The van der Waals surface area contributed by atoms with E-state index in [0.29, 0.717) is 6.04 Å². The Labute approximate surface area is 91.9 Å². The molecule has 0 amide bonds. The van der Waals surface area contributed by atoms with Crippen LogP contribution in [0.2, 0.25) is 0 Å². The minimum atomic E-state index is 0.0775. The Hall–Kier alpha value is -0.860. The molecule has 0 spiro atoms. The summed E-state index contributed by atoms with van der Waals surface area (Å²) < 4.78 is 5.84. The highest BCUT2D eigenvalue weighted by Crippen LogP contribution is 2.31. The summed E-state index contributed by atoms with van der Waals surface area (Å²) in [4.78, 5) is 2.34. The zero-order chi connectivity index (χ0) is 10.8. The van der Waals surface area contributed by atoms with E-state index in [1.807, 2.05) is 18.2 Å². The molecule has 1 aromatic carbocycles. The molecule has 0 aliphatic carbocycles. The van der Waals surface area contributed by atoms with Crippen LogP contribution in [0.1, 0.15) is 25.6 Å². The molecule has 2 rings (SSSR count). The summed E-state index contributed by atoms with van der Waals surface area (Å²) in [6.45, 7) is 9.28. The van der Waals surface area contributed by atoms with E-state index in [9.17, 15) is 0 Å². The van der Waals surface area contributed by atoms with E-state index in [2.05, 4.69) is 37.8 Å². The molecule has 1 fully saturated rings. The molecular weight excluding hydrogens is 186 g/mol. The summed E-state index contributed by atoms with van der Waals surface area (Å²) in [5.74, 6) is 0. The molecule has 1 aliphatic rings. The second-order valence-electron chi connectivity index (χ2n) is 4.31. The van der Waals surface area contributed by atoms with Crippen molar-refractivity contribution in [2.75, 3.05) is 6.54 Å². The van der Waals surface area contributed by atoms with Crippen molar-refractivity contribution in [3.8, 4) is 0 Å². The fraction of sp³-hybridized carbons (Fsp3) is 0.462. The highest BCUT2D eigenvalue weighted by Gasteiger charge is 2.32. The van der Waals surface area contributed by atoms with Crippen molar-refractivity contribution in [3.63, 3.8) is 0 Å². The van der Waals surface area contributed by atoms with Gasteiger partial charge < -0.3 is 4.74 Å². The van der Waals surface area contributed by atoms with E-state index in [1.54, 1.807) is 0 Å². The molecule has 2 atom stereocenters. The standard InChI is InChI=1S/C13H18NO/c1-10(2)14-9-11(3)15-13(14)12-7-5-4-6-8-12/h4-8,10-11,13H,3,9H2,1-2H3/t11-,13?/m0/s1. The number of nitrogens with zero attached hydrogens (tertiary/aromatic N) is 1. The fourth-order valence-electron chi connectivity index (χ4n) is 2.00. The van der Waals surface area contributed by atoms with Gasteiger partial charge in [-0.15, -0.1) is 0 Å². The van der Waals surface area contributed by atoms with Gasteiger partial charge in [0, 0.05) is 12.6 Å². The molecule has 0 bridgehead atoms. The molecule has 0 saturated carbocycles. The van der Waals surface area contributed by atoms with Gasteiger partial charge in [-0.3, -0.25) is 4.90 Å². The van der Waals surface area contributed by atoms with E-state index >= 15 is 0 Å². The van der Waals surface area contributed by atoms with Crippen LogP contribution in [0.3, 0.4) is 0 Å². The SMILES string of the molecule is [CH2][C@H]1CN(C(C)C)C(c2ccccc2)O1. The average molecular weight is 204 g/mol. The molecule has 1 aliphatic heterocycles. The second-order valence-corrected chi connectivity index (χ2v) is 4.31. The highest BCUT2D eigenvalue weighted by molar-refractivity contribution is 5.18. The van der Waals surface area contributed by atoms with Crippen LogP contribution in [-0.4, -0.2) is 23.6 Å². The molecule has 0 aromatic heterocycles. The van der Waals surface area contributed by atoms with Gasteiger partial charge in [0.25, 0.3) is 0 Å². The predicted octanol–water partition coefficient (Wildman–Crippen LogP) is 2.63. The van der Waals surface area contributed by atoms with Crippen LogP contribution in [0.4, 0.5) is 0 Å². The van der Waals surface area contributed by atoms with Gasteiger partial charge in [0.15, 0.2) is 0 Å². The smallest absolute Gasteiger partial charge is 0.137 e. The van der Waals surface area contributed by atoms with Crippen molar-refractivity contribution >= 4 is 0 Å². The Morgan fingerprint density at radius 3 is 2.60 bits per heavy atom. The highest BCUT2D eigenvalue weighted by atomic mass is 16.5. The van der Waals surface area contributed by atoms with Crippen molar-refractivity contribution in [3.05, 3.63) is 42.8 Å². The van der Waals surface area contributed by atoms with Crippen LogP contribution in [0.15, 0.2) is 30.3 Å². The molecule has 1 aromatic rings. The molecule has 2 heteroatoms. The van der Waals surface area contributed by atoms with Gasteiger partial charge in [-0.1, -0.05) is 30.3 Å². The Morgan fingerprint density at radius 1 is 1.33 bits per heavy atom. The third-order valence-electron chi connectivity index (χ3n) is 2.79. The fourth-order valence-corrected chi connectivity index (χ4v) is 2.00. The summed E-state index contributed by atoms with van der Waals surface area (Å²) >= 11 is 0. The summed E-state index contributed by atoms with van der Waals surface area (Å²) in [5.41, 5.74) is 1.22. The average Bonchev–Trinajstić information content (AvgIpc) is 2.62. The van der Waals surface area contributed by atoms with Gasteiger partial charge in [-0.05, 0) is 26.3 Å². The monoisotopic (exact) mass is 204 g/mol. The minimum Gasteiger partial charge on any atom is -0.354 e. The van der Waals surface area contributed by atoms with E-state index in [0.717, 1.165) is 6.54 Å². The maximum Gasteiger partial charge on any atom is 0.137 e. The lowest BCUT2D eigenvalue weighted by Gasteiger charge is -2.26. The zero-order valence-corrected chi connectivity index (χ0v) is 9.39. The van der Waals surface area contributed by atoms with Crippen LogP contribution >= 0.6 is 0 Å². The van der Waals surface area contributed by atoms with Crippen LogP contribution in [0.25, 0.3) is 0 Å². The lowest BCUT2D eigenvalue weighted by molar-refractivity contribution is 0.000523. The van der Waals surface area contributed by atoms with Gasteiger partial charge in [0.05, 0.1) is 6.10 Å². The molecule has 0 N–H and O–H groups in total. The van der Waals surface area contributed by atoms with Gasteiger partial charge in [-0.2, -0.15) is 0 Å². The van der Waals surface area contributed by atoms with Crippen molar-refractivity contribution < 1.29 is 4.74 Å². The Bertz CT molecular complexity index is 310. The summed E-state index contributed by atoms with van der Waals surface area (Å²) in [6, 6.07) is 10.8. The van der Waals surface area contributed by atoms with E-state index in [1.165, 1.54) is 5.56 Å². The van der Waals surface area contributed by atoms with Crippen molar-refractivity contribution in [2.45, 2.75) is 32.2 Å². The Kier molecular flexibility index (Phi) is 3.08. The number of hydrogen-bond acceptors (Lipinski definition) is 2. The lowest BCUT2D eigenvalue weighted by Crippen LogP contribution is -2.31. The van der Waals surface area contributed by atoms with E-state index in [4.69, 9.17) is 4.74 Å². The van der Waals surface area contributed by atoms with Crippen LogP contribution in [-0.2, 0) is 4.74 Å². The summed E-state index contributed by atoms with van der Waals surface area (Å²) in [5, 5.41) is 0. The third kappa shape index (κ3) is 2.21. The number of rotatable bonds is 2. The first kappa shape index (κ1) is 10.7. The normalized spacial score (nSPS) is 27.5. The largest absolute Gasteiger partial charge is 0.354 e. The van der Waals surface area contributed by atoms with Crippen LogP contribution < -0.4 is 0 Å². The first-order valence-electron chi connectivity index (χ1n) is 5.47. The molecule has 81 valence electrons. The second kappa shape index (κ2) is 4.33. The van der Waals surface area contributed by atoms with Crippen molar-refractivity contribution in [1.29, 1.82) is 0 Å². The van der Waals surface area contributed by atoms with E-state index in [-0.39, 0.29) is 12.3 Å². The first-order valence-corrected chi connectivity index (χ1v) is 5.47. The van der Waals surface area contributed by atoms with Gasteiger partial charge in [-0.25, -0.2) is 0 Å². The molecule has 1 saturated heterocycles. The topological polar surface area (TPSA) is 12.5 Å². The van der Waals surface area contributed by atoms with Crippen molar-refractivity contribution in [2.24, 2.45) is 0 Å². The van der Waals surface area contributed by atoms with Crippen LogP contribution in [0.5, 0.6) is 0 Å². The predicted molar refractivity (Wildman–Crippen MR) is 61.3 cm³/mol. The minimum absolute atomic E-state index is 0.0775. The molecule has 1 unspecified atom stereocenters. The summed E-state index contributed by atoms with van der Waals surface area (Å²) in [7, 11) is 0. The van der Waals surface area contributed by atoms with Crippen LogP contribution in [0, 0.1) is 6.92 Å². The zero-order valence-electron chi connectivity index (χ0n) is 9.39. The van der Waals surface area contributed by atoms with Gasteiger partial charge >= 0.3 is 0 Å². The maximum absolute atomic E-state index is 5.84. The maximum atomic E-state index is 5.84. The molecule has 15 heavy (non-hydrogen) atoms.